The number of unbranched alkanes of at least 4 members (excludes halogenated alkanes) is 3. The Balaban J connectivity index is 1.16. The molecule has 0 radical (unpaired) electrons. The van der Waals surface area contributed by atoms with Gasteiger partial charge in [-0.05, 0) is 36.6 Å². The lowest BCUT2D eigenvalue weighted by Crippen LogP contribution is -2.39. The van der Waals surface area contributed by atoms with Crippen molar-refractivity contribution in [1.82, 2.24) is 14.9 Å². The fraction of sp³-hybridized carbons (Fsp3) is 0.407. The molecule has 2 aromatic heterocycles. The number of aldehydes is 1. The molecule has 6 nitrogen and oxygen atoms in total. The predicted molar refractivity (Wildman–Crippen MR) is 130 cm³/mol. The molecule has 1 saturated carbocycles. The van der Waals surface area contributed by atoms with Gasteiger partial charge >= 0.3 is 0 Å². The second kappa shape index (κ2) is 9.79. The highest BCUT2D eigenvalue weighted by Crippen LogP contribution is 2.29. The first kappa shape index (κ1) is 21.7. The summed E-state index contributed by atoms with van der Waals surface area (Å²) in [5.74, 6) is 0.668. The van der Waals surface area contributed by atoms with Crippen molar-refractivity contribution in [3.8, 4) is 17.0 Å². The molecule has 5 rings (SSSR count). The van der Waals surface area contributed by atoms with Crippen LogP contribution in [0.15, 0.2) is 36.5 Å². The van der Waals surface area contributed by atoms with Gasteiger partial charge in [0.1, 0.15) is 12.4 Å². The Kier molecular flexibility index (Phi) is 6.44. The molecule has 0 amide bonds. The number of fused-ring (bicyclic) bond motifs is 3. The van der Waals surface area contributed by atoms with Gasteiger partial charge in [-0.15, -0.1) is 0 Å². The van der Waals surface area contributed by atoms with Crippen LogP contribution in [0.5, 0.6) is 5.88 Å². The topological polar surface area (TPSA) is 65.4 Å². The molecular weight excluding hydrogens is 414 g/mol. The summed E-state index contributed by atoms with van der Waals surface area (Å²) < 4.78 is 14.2. The highest BCUT2D eigenvalue weighted by molar-refractivity contribution is 5.87. The third-order valence-corrected chi connectivity index (χ3v) is 6.67. The zero-order chi connectivity index (χ0) is 22.6. The van der Waals surface area contributed by atoms with Crippen molar-refractivity contribution in [2.45, 2.75) is 50.7 Å². The van der Waals surface area contributed by atoms with E-state index in [1.807, 2.05) is 12.3 Å². The van der Waals surface area contributed by atoms with E-state index in [0.717, 1.165) is 62.7 Å². The van der Waals surface area contributed by atoms with Crippen molar-refractivity contribution in [2.75, 3.05) is 13.2 Å². The summed E-state index contributed by atoms with van der Waals surface area (Å²) >= 11 is 0. The van der Waals surface area contributed by atoms with Crippen molar-refractivity contribution in [2.24, 2.45) is 7.05 Å². The molecule has 3 heterocycles. The molecule has 1 aromatic carbocycles. The number of carbonyl (C=O) groups is 1. The van der Waals surface area contributed by atoms with Gasteiger partial charge in [-0.2, -0.15) is 0 Å². The van der Waals surface area contributed by atoms with Crippen LogP contribution < -0.4 is 20.6 Å². The number of pyridine rings is 1. The van der Waals surface area contributed by atoms with E-state index in [0.29, 0.717) is 12.3 Å². The minimum Gasteiger partial charge on any atom is -0.474 e. The Bertz CT molecular complexity index is 1240. The fourth-order valence-corrected chi connectivity index (χ4v) is 4.68. The Morgan fingerprint density at radius 2 is 2.00 bits per heavy atom. The summed E-state index contributed by atoms with van der Waals surface area (Å²) in [5.41, 5.74) is 3.45. The van der Waals surface area contributed by atoms with Gasteiger partial charge in [-0.3, -0.25) is 0 Å². The molecule has 0 atom stereocenters. The Labute approximate surface area is 193 Å². The fourth-order valence-electron chi connectivity index (χ4n) is 4.68. The highest BCUT2D eigenvalue weighted by Gasteiger charge is 2.31. The Hall–Kier alpha value is -3.12. The molecule has 0 unspecified atom stereocenters. The zero-order valence-electron chi connectivity index (χ0n) is 19.1. The average molecular weight is 446 g/mol. The number of benzene rings is 1. The maximum Gasteiger partial charge on any atom is 0.213 e. The van der Waals surface area contributed by atoms with Crippen LogP contribution in [0.3, 0.4) is 0 Å². The largest absolute Gasteiger partial charge is 0.474 e. The lowest BCUT2D eigenvalue weighted by atomic mass is 9.92. The van der Waals surface area contributed by atoms with E-state index in [4.69, 9.17) is 9.47 Å². The molecule has 3 aromatic rings. The number of aromatic nitrogens is 2. The van der Waals surface area contributed by atoms with Gasteiger partial charge in [0.2, 0.25) is 5.88 Å². The number of nitrogens with one attached hydrogen (secondary N) is 1. The number of aryl methyl sites for hydroxylation is 1. The number of nitrogens with zero attached hydrogens (tertiary/aromatic N) is 2. The van der Waals surface area contributed by atoms with E-state index in [1.165, 1.54) is 21.5 Å². The third-order valence-electron chi connectivity index (χ3n) is 6.67. The molecule has 0 saturated heterocycles. The molecule has 1 aliphatic heterocycles. The molecule has 1 fully saturated rings. The summed E-state index contributed by atoms with van der Waals surface area (Å²) in [5, 5.41) is 7.09. The molecule has 33 heavy (non-hydrogen) atoms. The first-order valence-electron chi connectivity index (χ1n) is 11.9. The number of ether oxygens (including phenoxy) is 2. The second-order valence-corrected chi connectivity index (χ2v) is 8.95. The quantitative estimate of drug-likeness (QED) is 0.384. The van der Waals surface area contributed by atoms with Crippen molar-refractivity contribution in [1.29, 1.82) is 0 Å². The lowest BCUT2D eigenvalue weighted by Gasteiger charge is -2.34. The zero-order valence-corrected chi connectivity index (χ0v) is 19.1. The van der Waals surface area contributed by atoms with E-state index in [-0.39, 0.29) is 12.2 Å². The highest BCUT2D eigenvalue weighted by atomic mass is 16.5. The van der Waals surface area contributed by atoms with E-state index in [2.05, 4.69) is 58.5 Å². The van der Waals surface area contributed by atoms with E-state index in [1.54, 1.807) is 0 Å². The smallest absolute Gasteiger partial charge is 0.213 e. The molecule has 6 heteroatoms. The number of hydrogen-bond donors (Lipinski definition) is 1. The van der Waals surface area contributed by atoms with E-state index >= 15 is 0 Å². The number of hydrogen-bond acceptors (Lipinski definition) is 5. The van der Waals surface area contributed by atoms with Crippen LogP contribution >= 0.6 is 0 Å². The summed E-state index contributed by atoms with van der Waals surface area (Å²) in [7, 11) is 2.12. The van der Waals surface area contributed by atoms with Gasteiger partial charge < -0.3 is 24.2 Å². The molecular formula is C27H31N3O3. The number of carbonyl (C=O) groups excluding carboxylic acids is 1. The predicted octanol–water partition coefficient (Wildman–Crippen LogP) is 3.05. The maximum absolute atomic E-state index is 10.3. The molecule has 172 valence electrons. The van der Waals surface area contributed by atoms with Gasteiger partial charge in [0.25, 0.3) is 0 Å². The van der Waals surface area contributed by atoms with Crippen LogP contribution in [0.25, 0.3) is 34.3 Å². The maximum atomic E-state index is 10.3. The van der Waals surface area contributed by atoms with Crippen molar-refractivity contribution >= 4 is 29.5 Å². The first-order chi connectivity index (χ1) is 16.2. The summed E-state index contributed by atoms with van der Waals surface area (Å²) in [4.78, 5) is 14.9. The van der Waals surface area contributed by atoms with Gasteiger partial charge in [0.05, 0.1) is 6.10 Å². The Morgan fingerprint density at radius 1 is 1.12 bits per heavy atom. The molecule has 2 aliphatic rings. The van der Waals surface area contributed by atoms with Crippen LogP contribution in [0.1, 0.15) is 38.5 Å². The van der Waals surface area contributed by atoms with Gasteiger partial charge in [0, 0.05) is 85.0 Å². The van der Waals surface area contributed by atoms with Crippen molar-refractivity contribution in [3.63, 3.8) is 0 Å². The van der Waals surface area contributed by atoms with Crippen LogP contribution in [-0.4, -0.2) is 41.2 Å². The van der Waals surface area contributed by atoms with Gasteiger partial charge in [-0.25, -0.2) is 4.98 Å². The third kappa shape index (κ3) is 4.67. The molecule has 1 aliphatic carbocycles. The SMILES string of the molecule is Cn1c2c(c3ccc(-c4ccc(OC5CC(OCCCCCC=O)C5)nc4)cc31)=CNCC=2. The Morgan fingerprint density at radius 3 is 2.82 bits per heavy atom. The minimum atomic E-state index is 0.176. The normalized spacial score (nSPS) is 19.1. The first-order valence-corrected chi connectivity index (χ1v) is 11.9. The van der Waals surface area contributed by atoms with Crippen LogP contribution in [0.4, 0.5) is 0 Å². The molecule has 0 bridgehead atoms. The van der Waals surface area contributed by atoms with Gasteiger partial charge in [0.15, 0.2) is 0 Å². The van der Waals surface area contributed by atoms with Gasteiger partial charge in [-0.1, -0.05) is 18.6 Å². The molecule has 0 spiro atoms. The lowest BCUT2D eigenvalue weighted by molar-refractivity contribution is -0.108. The number of rotatable bonds is 10. The van der Waals surface area contributed by atoms with Crippen LogP contribution in [0.2, 0.25) is 0 Å². The summed E-state index contributed by atoms with van der Waals surface area (Å²) in [6, 6.07) is 10.6. The van der Waals surface area contributed by atoms with Crippen LogP contribution in [-0.2, 0) is 16.6 Å². The van der Waals surface area contributed by atoms with Crippen molar-refractivity contribution < 1.29 is 14.3 Å². The van der Waals surface area contributed by atoms with E-state index < -0.39 is 0 Å². The average Bonchev–Trinajstić information content (AvgIpc) is 3.11. The van der Waals surface area contributed by atoms with Crippen LogP contribution in [0, 0.1) is 0 Å². The van der Waals surface area contributed by atoms with Crippen molar-refractivity contribution in [3.05, 3.63) is 47.1 Å². The van der Waals surface area contributed by atoms with E-state index in [9.17, 15) is 4.79 Å². The minimum absolute atomic E-state index is 0.176. The second-order valence-electron chi connectivity index (χ2n) is 8.95. The summed E-state index contributed by atoms with van der Waals surface area (Å²) in [6.07, 6.45) is 13.2. The standard InChI is InChI=1S/C27H31N3O3/c1-30-25-10-11-28-18-24(25)23-8-6-19(14-26(23)30)20-7-9-27(29-17-20)33-22-15-21(16-22)32-13-5-3-2-4-12-31/h6-10,12,14,17-18,21-22,28H,2-5,11,13,15-16H2,1H3. The summed E-state index contributed by atoms with van der Waals surface area (Å²) in [6.45, 7) is 1.63. The monoisotopic (exact) mass is 445 g/mol. The molecule has 1 N–H and O–H groups in total.